The van der Waals surface area contributed by atoms with Gasteiger partial charge in [-0.2, -0.15) is 0 Å². The molecule has 3 heterocycles. The number of hydrogen-bond acceptors (Lipinski definition) is 5. The number of urea groups is 1. The molecule has 0 bridgehead atoms. The molecule has 0 radical (unpaired) electrons. The van der Waals surface area contributed by atoms with Crippen LogP contribution < -0.4 is 10.6 Å². The van der Waals surface area contributed by atoms with Gasteiger partial charge in [-0.25, -0.2) is 14.8 Å². The number of aromatic nitrogens is 4. The SMILES string of the molecule is O=C(Nc1ccc2nc(-c3ccccn3)c(-c3ccccn3)nc2c1)NC1CC1. The maximum atomic E-state index is 12.0. The molecule has 1 aliphatic rings. The third-order valence-electron chi connectivity index (χ3n) is 4.65. The lowest BCUT2D eigenvalue weighted by atomic mass is 10.1. The van der Waals surface area contributed by atoms with Crippen molar-refractivity contribution >= 4 is 22.8 Å². The third kappa shape index (κ3) is 3.75. The number of anilines is 1. The van der Waals surface area contributed by atoms with Gasteiger partial charge in [0.1, 0.15) is 11.4 Å². The molecule has 7 heteroatoms. The zero-order valence-corrected chi connectivity index (χ0v) is 15.5. The highest BCUT2D eigenvalue weighted by Crippen LogP contribution is 2.29. The zero-order chi connectivity index (χ0) is 19.6. The smallest absolute Gasteiger partial charge is 0.319 e. The van der Waals surface area contributed by atoms with Gasteiger partial charge in [0.2, 0.25) is 0 Å². The van der Waals surface area contributed by atoms with Gasteiger partial charge in [0, 0.05) is 24.1 Å². The van der Waals surface area contributed by atoms with Crippen LogP contribution in [0.15, 0.2) is 67.0 Å². The Kier molecular flexibility index (Phi) is 4.32. The van der Waals surface area contributed by atoms with Crippen LogP contribution in [0.1, 0.15) is 12.8 Å². The number of carbonyl (C=O) groups excluding carboxylic acids is 1. The summed E-state index contributed by atoms with van der Waals surface area (Å²) in [5, 5.41) is 5.78. The van der Waals surface area contributed by atoms with Crippen LogP contribution >= 0.6 is 0 Å². The number of amides is 2. The molecule has 2 N–H and O–H groups in total. The van der Waals surface area contributed by atoms with E-state index in [2.05, 4.69) is 20.6 Å². The largest absolute Gasteiger partial charge is 0.335 e. The van der Waals surface area contributed by atoms with Crippen LogP contribution in [0.2, 0.25) is 0 Å². The van der Waals surface area contributed by atoms with E-state index in [1.54, 1.807) is 12.4 Å². The monoisotopic (exact) mass is 382 g/mol. The van der Waals surface area contributed by atoms with Crippen molar-refractivity contribution in [3.63, 3.8) is 0 Å². The van der Waals surface area contributed by atoms with Gasteiger partial charge in [0.15, 0.2) is 0 Å². The number of nitrogens with zero attached hydrogens (tertiary/aromatic N) is 4. The minimum atomic E-state index is -0.199. The molecule has 4 aromatic rings. The second-order valence-corrected chi connectivity index (χ2v) is 6.93. The van der Waals surface area contributed by atoms with Gasteiger partial charge in [-0.05, 0) is 55.3 Å². The molecule has 1 saturated carbocycles. The van der Waals surface area contributed by atoms with Crippen LogP contribution in [-0.4, -0.2) is 32.0 Å². The molecule has 0 saturated heterocycles. The molecule has 0 aliphatic heterocycles. The molecule has 3 aromatic heterocycles. The van der Waals surface area contributed by atoms with Gasteiger partial charge in [-0.3, -0.25) is 9.97 Å². The number of carbonyl (C=O) groups is 1. The molecule has 2 amide bonds. The number of pyridine rings is 2. The van der Waals surface area contributed by atoms with Crippen molar-refractivity contribution in [2.75, 3.05) is 5.32 Å². The minimum Gasteiger partial charge on any atom is -0.335 e. The number of fused-ring (bicyclic) bond motifs is 1. The Labute approximate surface area is 167 Å². The fraction of sp³-hybridized carbons (Fsp3) is 0.136. The number of hydrogen-bond donors (Lipinski definition) is 2. The zero-order valence-electron chi connectivity index (χ0n) is 15.5. The Morgan fingerprint density at radius 3 is 2.07 bits per heavy atom. The van der Waals surface area contributed by atoms with E-state index in [4.69, 9.17) is 9.97 Å². The van der Waals surface area contributed by atoms with Crippen molar-refractivity contribution < 1.29 is 4.79 Å². The molecule has 29 heavy (non-hydrogen) atoms. The van der Waals surface area contributed by atoms with Gasteiger partial charge >= 0.3 is 6.03 Å². The van der Waals surface area contributed by atoms with Gasteiger partial charge in [-0.1, -0.05) is 12.1 Å². The summed E-state index contributed by atoms with van der Waals surface area (Å²) in [7, 11) is 0. The highest BCUT2D eigenvalue weighted by atomic mass is 16.2. The highest BCUT2D eigenvalue weighted by molar-refractivity contribution is 5.93. The van der Waals surface area contributed by atoms with E-state index in [0.717, 1.165) is 24.1 Å². The Morgan fingerprint density at radius 2 is 1.48 bits per heavy atom. The maximum Gasteiger partial charge on any atom is 0.319 e. The number of benzene rings is 1. The molecular weight excluding hydrogens is 364 g/mol. The molecule has 1 aliphatic carbocycles. The fourth-order valence-electron chi connectivity index (χ4n) is 3.08. The predicted octanol–water partition coefficient (Wildman–Crippen LogP) is 4.04. The summed E-state index contributed by atoms with van der Waals surface area (Å²) in [5.74, 6) is 0. The van der Waals surface area contributed by atoms with Crippen molar-refractivity contribution in [3.05, 3.63) is 67.0 Å². The van der Waals surface area contributed by atoms with Crippen molar-refractivity contribution in [2.24, 2.45) is 0 Å². The Balaban J connectivity index is 1.59. The van der Waals surface area contributed by atoms with Crippen LogP contribution in [0.25, 0.3) is 33.8 Å². The van der Waals surface area contributed by atoms with E-state index in [9.17, 15) is 4.79 Å². The lowest BCUT2D eigenvalue weighted by Crippen LogP contribution is -2.30. The standard InChI is InChI=1S/C22H18N6O/c29-22(25-14-7-8-14)26-15-9-10-16-19(13-15)28-21(18-6-2-4-12-24-18)20(27-16)17-5-1-3-11-23-17/h1-6,9-14H,7-8H2,(H2,25,26,29). The van der Waals surface area contributed by atoms with E-state index in [0.29, 0.717) is 34.3 Å². The Morgan fingerprint density at radius 1 is 0.828 bits per heavy atom. The minimum absolute atomic E-state index is 0.199. The third-order valence-corrected chi connectivity index (χ3v) is 4.65. The fourth-order valence-corrected chi connectivity index (χ4v) is 3.08. The summed E-state index contributed by atoms with van der Waals surface area (Å²) in [4.78, 5) is 30.6. The first-order valence-electron chi connectivity index (χ1n) is 9.48. The lowest BCUT2D eigenvalue weighted by Gasteiger charge is -2.11. The second kappa shape index (κ2) is 7.27. The normalized spacial score (nSPS) is 13.2. The van der Waals surface area contributed by atoms with Crippen LogP contribution in [-0.2, 0) is 0 Å². The Bertz CT molecular complexity index is 1180. The molecule has 0 unspecified atom stereocenters. The summed E-state index contributed by atoms with van der Waals surface area (Å²) in [5.41, 5.74) is 4.83. The number of nitrogens with one attached hydrogen (secondary N) is 2. The van der Waals surface area contributed by atoms with E-state index in [-0.39, 0.29) is 6.03 Å². The van der Waals surface area contributed by atoms with Crippen LogP contribution in [0.4, 0.5) is 10.5 Å². The van der Waals surface area contributed by atoms with Crippen molar-refractivity contribution in [1.82, 2.24) is 25.3 Å². The van der Waals surface area contributed by atoms with E-state index in [1.807, 2.05) is 54.6 Å². The number of rotatable bonds is 4. The average molecular weight is 382 g/mol. The van der Waals surface area contributed by atoms with Gasteiger partial charge < -0.3 is 10.6 Å². The quantitative estimate of drug-likeness (QED) is 0.556. The van der Waals surface area contributed by atoms with Crippen molar-refractivity contribution in [1.29, 1.82) is 0 Å². The van der Waals surface area contributed by atoms with Crippen LogP contribution in [0, 0.1) is 0 Å². The molecule has 5 rings (SSSR count). The first-order valence-corrected chi connectivity index (χ1v) is 9.48. The molecule has 7 nitrogen and oxygen atoms in total. The molecule has 0 atom stereocenters. The summed E-state index contributed by atoms with van der Waals surface area (Å²) in [6.07, 6.45) is 5.54. The van der Waals surface area contributed by atoms with Crippen molar-refractivity contribution in [2.45, 2.75) is 18.9 Å². The topological polar surface area (TPSA) is 92.7 Å². The second-order valence-electron chi connectivity index (χ2n) is 6.93. The molecule has 1 aromatic carbocycles. The predicted molar refractivity (Wildman–Crippen MR) is 111 cm³/mol. The molecule has 1 fully saturated rings. The van der Waals surface area contributed by atoms with Gasteiger partial charge in [-0.15, -0.1) is 0 Å². The summed E-state index contributed by atoms with van der Waals surface area (Å²) < 4.78 is 0. The maximum absolute atomic E-state index is 12.0. The first kappa shape index (κ1) is 17.2. The molecule has 142 valence electrons. The first-order chi connectivity index (χ1) is 14.3. The summed E-state index contributed by atoms with van der Waals surface area (Å²) >= 11 is 0. The van der Waals surface area contributed by atoms with Gasteiger partial charge in [0.25, 0.3) is 0 Å². The lowest BCUT2D eigenvalue weighted by molar-refractivity contribution is 0.251. The summed E-state index contributed by atoms with van der Waals surface area (Å²) in [6.45, 7) is 0. The van der Waals surface area contributed by atoms with Crippen LogP contribution in [0.5, 0.6) is 0 Å². The van der Waals surface area contributed by atoms with E-state index in [1.165, 1.54) is 0 Å². The average Bonchev–Trinajstić information content (AvgIpc) is 3.58. The molecular formula is C22H18N6O. The highest BCUT2D eigenvalue weighted by Gasteiger charge is 2.23. The van der Waals surface area contributed by atoms with Crippen molar-refractivity contribution in [3.8, 4) is 22.8 Å². The Hall–Kier alpha value is -3.87. The summed E-state index contributed by atoms with van der Waals surface area (Å²) in [6, 6.07) is 17.0. The van der Waals surface area contributed by atoms with Crippen LogP contribution in [0.3, 0.4) is 0 Å². The molecule has 0 spiro atoms. The van der Waals surface area contributed by atoms with Gasteiger partial charge in [0.05, 0.1) is 22.4 Å². The van der Waals surface area contributed by atoms with E-state index < -0.39 is 0 Å². The van der Waals surface area contributed by atoms with E-state index >= 15 is 0 Å².